The van der Waals surface area contributed by atoms with Gasteiger partial charge in [-0.3, -0.25) is 9.59 Å². The van der Waals surface area contributed by atoms with Gasteiger partial charge in [0.2, 0.25) is 0 Å². The number of pyridine rings is 1. The normalized spacial score (nSPS) is 10.6. The van der Waals surface area contributed by atoms with Crippen molar-refractivity contribution in [1.82, 2.24) is 4.98 Å². The van der Waals surface area contributed by atoms with E-state index in [0.717, 1.165) is 6.07 Å². The van der Waals surface area contributed by atoms with Crippen LogP contribution in [0.15, 0.2) is 10.9 Å². The molecule has 1 N–H and O–H groups in total. The molecule has 0 unspecified atom stereocenters. The second kappa shape index (κ2) is 4.45. The molecule has 76 valence electrons. The van der Waals surface area contributed by atoms with Crippen LogP contribution in [-0.4, -0.2) is 11.3 Å². The molecular weight excluding hydrogens is 260 g/mol. The maximum absolute atomic E-state index is 12.4. The summed E-state index contributed by atoms with van der Waals surface area (Å²) < 4.78 is 24.7. The second-order valence-electron chi connectivity index (χ2n) is 2.54. The minimum absolute atomic E-state index is 0.149. The summed E-state index contributed by atoms with van der Waals surface area (Å²) >= 11 is 2.99. The molecule has 1 aromatic heterocycles. The van der Waals surface area contributed by atoms with Gasteiger partial charge in [-0.15, -0.1) is 0 Å². The quantitative estimate of drug-likeness (QED) is 0.672. The lowest BCUT2D eigenvalue weighted by Crippen LogP contribution is -2.16. The van der Waals surface area contributed by atoms with Gasteiger partial charge in [0.25, 0.3) is 12.0 Å². The largest absolute Gasteiger partial charge is 0.320 e. The molecule has 0 saturated carbocycles. The number of rotatable bonds is 3. The van der Waals surface area contributed by atoms with Crippen molar-refractivity contribution in [3.8, 4) is 0 Å². The first-order valence-corrected chi connectivity index (χ1v) is 4.77. The molecule has 0 saturated heterocycles. The van der Waals surface area contributed by atoms with Gasteiger partial charge >= 0.3 is 0 Å². The van der Waals surface area contributed by atoms with Crippen LogP contribution >= 0.6 is 15.9 Å². The van der Waals surface area contributed by atoms with E-state index < -0.39 is 17.7 Å². The van der Waals surface area contributed by atoms with E-state index in [0.29, 0.717) is 6.29 Å². The molecular formula is C8H6BrF2NO2. The third-order valence-electron chi connectivity index (χ3n) is 1.68. The van der Waals surface area contributed by atoms with E-state index in [2.05, 4.69) is 15.9 Å². The standard InChI is InChI=1S/C8H6BrF2NO2/c9-2-4-1-5(3-13)8(14)12-6(4)7(10)11/h1,3,7H,2H2,(H,12,14). The van der Waals surface area contributed by atoms with E-state index in [-0.39, 0.29) is 16.5 Å². The molecule has 1 rings (SSSR count). The molecule has 0 spiro atoms. The minimum atomic E-state index is -2.75. The van der Waals surface area contributed by atoms with Gasteiger partial charge in [-0.25, -0.2) is 8.78 Å². The number of nitrogens with one attached hydrogen (secondary N) is 1. The van der Waals surface area contributed by atoms with Gasteiger partial charge in [0.1, 0.15) is 0 Å². The van der Waals surface area contributed by atoms with Crippen molar-refractivity contribution in [2.45, 2.75) is 11.8 Å². The van der Waals surface area contributed by atoms with Gasteiger partial charge in [0, 0.05) is 5.33 Å². The number of alkyl halides is 3. The third-order valence-corrected chi connectivity index (χ3v) is 2.28. The van der Waals surface area contributed by atoms with Crippen LogP contribution in [0.4, 0.5) is 8.78 Å². The van der Waals surface area contributed by atoms with Crippen LogP contribution in [0.3, 0.4) is 0 Å². The SMILES string of the molecule is O=Cc1cc(CBr)c(C(F)F)[nH]c1=O. The number of carbonyl (C=O) groups excluding carboxylic acids is 1. The average molecular weight is 266 g/mol. The van der Waals surface area contributed by atoms with E-state index in [9.17, 15) is 18.4 Å². The summed E-state index contributed by atoms with van der Waals surface area (Å²) in [5.41, 5.74) is -1.18. The number of H-pyrrole nitrogens is 1. The Balaban J connectivity index is 3.39. The summed E-state index contributed by atoms with van der Waals surface area (Å²) in [4.78, 5) is 23.3. The summed E-state index contributed by atoms with van der Waals surface area (Å²) in [5, 5.41) is 0.157. The fourth-order valence-corrected chi connectivity index (χ4v) is 1.46. The number of hydrogen-bond donors (Lipinski definition) is 1. The lowest BCUT2D eigenvalue weighted by molar-refractivity contribution is 0.112. The third kappa shape index (κ3) is 2.06. The van der Waals surface area contributed by atoms with E-state index >= 15 is 0 Å². The van der Waals surface area contributed by atoms with Crippen molar-refractivity contribution in [1.29, 1.82) is 0 Å². The average Bonchev–Trinajstić information content (AvgIpc) is 2.17. The van der Waals surface area contributed by atoms with Gasteiger partial charge in [-0.1, -0.05) is 15.9 Å². The van der Waals surface area contributed by atoms with Crippen molar-refractivity contribution in [3.63, 3.8) is 0 Å². The first-order chi connectivity index (χ1) is 6.60. The number of hydrogen-bond acceptors (Lipinski definition) is 2. The van der Waals surface area contributed by atoms with Crippen LogP contribution in [0.25, 0.3) is 0 Å². The van der Waals surface area contributed by atoms with E-state index in [4.69, 9.17) is 0 Å². The predicted octanol–water partition coefficient (Wildman–Crippen LogP) is 2.02. The van der Waals surface area contributed by atoms with Crippen molar-refractivity contribution >= 4 is 22.2 Å². The zero-order valence-corrected chi connectivity index (χ0v) is 8.48. The first kappa shape index (κ1) is 11.0. The monoisotopic (exact) mass is 265 g/mol. The number of carbonyl (C=O) groups is 1. The number of aromatic nitrogens is 1. The fourth-order valence-electron chi connectivity index (χ4n) is 0.999. The molecule has 0 aliphatic carbocycles. The number of aldehydes is 1. The fraction of sp³-hybridized carbons (Fsp3) is 0.250. The highest BCUT2D eigenvalue weighted by molar-refractivity contribution is 9.08. The Labute approximate surface area is 86.3 Å². The predicted molar refractivity (Wildman–Crippen MR) is 50.0 cm³/mol. The highest BCUT2D eigenvalue weighted by Gasteiger charge is 2.15. The molecule has 0 atom stereocenters. The summed E-state index contributed by atoms with van der Waals surface area (Å²) in [6, 6.07) is 1.15. The Bertz CT molecular complexity index is 403. The highest BCUT2D eigenvalue weighted by Crippen LogP contribution is 2.21. The van der Waals surface area contributed by atoms with Gasteiger partial charge in [0.05, 0.1) is 11.3 Å². The molecule has 0 fully saturated rings. The van der Waals surface area contributed by atoms with Crippen LogP contribution in [0.2, 0.25) is 0 Å². The molecule has 0 amide bonds. The first-order valence-electron chi connectivity index (χ1n) is 3.65. The Morgan fingerprint density at radius 2 is 2.21 bits per heavy atom. The molecule has 3 nitrogen and oxygen atoms in total. The molecule has 0 aromatic carbocycles. The van der Waals surface area contributed by atoms with E-state index in [1.54, 1.807) is 0 Å². The van der Waals surface area contributed by atoms with Gasteiger partial charge in [-0.2, -0.15) is 0 Å². The van der Waals surface area contributed by atoms with E-state index in [1.807, 2.05) is 4.98 Å². The summed E-state index contributed by atoms with van der Waals surface area (Å²) in [7, 11) is 0. The van der Waals surface area contributed by atoms with Crippen molar-refractivity contribution in [2.75, 3.05) is 0 Å². The van der Waals surface area contributed by atoms with Crippen molar-refractivity contribution < 1.29 is 13.6 Å². The highest BCUT2D eigenvalue weighted by atomic mass is 79.9. The van der Waals surface area contributed by atoms with Crippen molar-refractivity contribution in [3.05, 3.63) is 33.2 Å². The number of halogens is 3. The second-order valence-corrected chi connectivity index (χ2v) is 3.11. The maximum Gasteiger partial charge on any atom is 0.278 e. The zero-order valence-electron chi connectivity index (χ0n) is 6.89. The van der Waals surface area contributed by atoms with Crippen molar-refractivity contribution in [2.24, 2.45) is 0 Å². The Hall–Kier alpha value is -1.04. The maximum atomic E-state index is 12.4. The smallest absolute Gasteiger partial charge is 0.278 e. The summed E-state index contributed by atoms with van der Waals surface area (Å²) in [6.45, 7) is 0. The molecule has 0 aliphatic heterocycles. The van der Waals surface area contributed by atoms with Crippen LogP contribution in [-0.2, 0) is 5.33 Å². The Kier molecular flexibility index (Phi) is 3.51. The van der Waals surface area contributed by atoms with Gasteiger partial charge < -0.3 is 4.98 Å². The Morgan fingerprint density at radius 1 is 1.57 bits per heavy atom. The van der Waals surface area contributed by atoms with Gasteiger partial charge in [-0.05, 0) is 11.6 Å². The van der Waals surface area contributed by atoms with Crippen LogP contribution in [0.1, 0.15) is 28.0 Å². The zero-order chi connectivity index (χ0) is 10.7. The molecule has 0 aliphatic rings. The van der Waals surface area contributed by atoms with Gasteiger partial charge in [0.15, 0.2) is 6.29 Å². The lowest BCUT2D eigenvalue weighted by Gasteiger charge is -2.05. The topological polar surface area (TPSA) is 49.9 Å². The lowest BCUT2D eigenvalue weighted by atomic mass is 10.1. The Morgan fingerprint density at radius 3 is 2.64 bits per heavy atom. The van der Waals surface area contributed by atoms with Crippen LogP contribution in [0.5, 0.6) is 0 Å². The minimum Gasteiger partial charge on any atom is -0.320 e. The molecule has 14 heavy (non-hydrogen) atoms. The molecule has 0 bridgehead atoms. The number of aromatic amines is 1. The summed E-state index contributed by atoms with van der Waals surface area (Å²) in [5.74, 6) is 0. The van der Waals surface area contributed by atoms with E-state index in [1.165, 1.54) is 0 Å². The van der Waals surface area contributed by atoms with Crippen LogP contribution in [0, 0.1) is 0 Å². The van der Waals surface area contributed by atoms with Crippen LogP contribution < -0.4 is 5.56 Å². The molecule has 1 heterocycles. The molecule has 6 heteroatoms. The summed E-state index contributed by atoms with van der Waals surface area (Å²) in [6.07, 6.45) is -2.42. The molecule has 0 radical (unpaired) electrons. The molecule has 1 aromatic rings.